The second-order valence-electron chi connectivity index (χ2n) is 4.82. The van der Waals surface area contributed by atoms with E-state index < -0.39 is 0 Å². The Bertz CT molecular complexity index is 584. The quantitative estimate of drug-likeness (QED) is 0.762. The summed E-state index contributed by atoms with van der Waals surface area (Å²) in [6.45, 7) is 7.99. The topological polar surface area (TPSA) is 30.0 Å². The molecule has 0 fully saturated rings. The largest absolute Gasteiger partial charge is 0.293 e. The van der Waals surface area contributed by atoms with Gasteiger partial charge in [0.2, 0.25) is 0 Å². The molecule has 2 rings (SSSR count). The second kappa shape index (κ2) is 5.02. The number of carbonyl (C=O) groups excluding carboxylic acids is 1. The van der Waals surface area contributed by atoms with Crippen LogP contribution in [-0.4, -0.2) is 10.8 Å². The van der Waals surface area contributed by atoms with E-state index in [1.54, 1.807) is 6.92 Å². The first-order chi connectivity index (χ1) is 8.49. The average Bonchev–Trinajstić information content (AvgIpc) is 2.78. The van der Waals surface area contributed by atoms with Crippen molar-refractivity contribution in [2.75, 3.05) is 0 Å². The molecule has 94 valence electrons. The van der Waals surface area contributed by atoms with E-state index in [-0.39, 0.29) is 5.78 Å². The van der Waals surface area contributed by atoms with Crippen LogP contribution in [0.25, 0.3) is 10.6 Å². The van der Waals surface area contributed by atoms with Gasteiger partial charge in [-0.3, -0.25) is 4.79 Å². The van der Waals surface area contributed by atoms with Crippen LogP contribution >= 0.6 is 11.3 Å². The maximum atomic E-state index is 11.3. The summed E-state index contributed by atoms with van der Waals surface area (Å²) in [6.07, 6.45) is 0. The molecule has 18 heavy (non-hydrogen) atoms. The van der Waals surface area contributed by atoms with Crippen LogP contribution in [-0.2, 0) is 0 Å². The van der Waals surface area contributed by atoms with E-state index in [9.17, 15) is 4.79 Å². The molecule has 2 nitrogen and oxygen atoms in total. The lowest BCUT2D eigenvalue weighted by Gasteiger charge is -2.09. The zero-order valence-electron chi connectivity index (χ0n) is 11.2. The van der Waals surface area contributed by atoms with Crippen LogP contribution in [0.2, 0.25) is 0 Å². The Morgan fingerprint density at radius 2 is 2.06 bits per heavy atom. The van der Waals surface area contributed by atoms with Gasteiger partial charge in [0.25, 0.3) is 0 Å². The van der Waals surface area contributed by atoms with Crippen LogP contribution in [0, 0.1) is 6.92 Å². The summed E-state index contributed by atoms with van der Waals surface area (Å²) in [7, 11) is 0. The number of ketones is 1. The van der Waals surface area contributed by atoms with E-state index in [0.29, 0.717) is 11.6 Å². The standard InChI is InChI=1S/C15H17NOS/c1-9(2)12-6-5-10(3)13(7-12)15-16-14(8-18-15)11(4)17/h5-9H,1-4H3. The molecule has 0 unspecified atom stereocenters. The van der Waals surface area contributed by atoms with Gasteiger partial charge in [-0.1, -0.05) is 26.0 Å². The van der Waals surface area contributed by atoms with Gasteiger partial charge in [-0.15, -0.1) is 11.3 Å². The molecule has 1 heterocycles. The minimum atomic E-state index is 0.0233. The lowest BCUT2D eigenvalue weighted by Crippen LogP contribution is -1.93. The fourth-order valence-electron chi connectivity index (χ4n) is 1.79. The van der Waals surface area contributed by atoms with Gasteiger partial charge < -0.3 is 0 Å². The molecule has 0 N–H and O–H groups in total. The Hall–Kier alpha value is -1.48. The fourth-order valence-corrected chi connectivity index (χ4v) is 2.73. The minimum absolute atomic E-state index is 0.0233. The molecule has 3 heteroatoms. The number of Topliss-reactive ketones (excluding diaryl/α,β-unsaturated/α-hetero) is 1. The predicted octanol–water partition coefficient (Wildman–Crippen LogP) is 4.44. The highest BCUT2D eigenvalue weighted by atomic mass is 32.1. The van der Waals surface area contributed by atoms with Crippen LogP contribution in [0.3, 0.4) is 0 Å². The summed E-state index contributed by atoms with van der Waals surface area (Å²) in [5.74, 6) is 0.520. The first-order valence-corrected chi connectivity index (χ1v) is 6.94. The van der Waals surface area contributed by atoms with Crippen molar-refractivity contribution < 1.29 is 4.79 Å². The monoisotopic (exact) mass is 259 g/mol. The summed E-state index contributed by atoms with van der Waals surface area (Å²) in [4.78, 5) is 15.7. The van der Waals surface area contributed by atoms with E-state index in [0.717, 1.165) is 10.6 Å². The van der Waals surface area contributed by atoms with Crippen LogP contribution in [0.15, 0.2) is 23.6 Å². The molecule has 0 amide bonds. The van der Waals surface area contributed by atoms with Crippen molar-refractivity contribution in [1.29, 1.82) is 0 Å². The number of aryl methyl sites for hydroxylation is 1. The maximum absolute atomic E-state index is 11.3. The number of hydrogen-bond acceptors (Lipinski definition) is 3. The minimum Gasteiger partial charge on any atom is -0.293 e. The van der Waals surface area contributed by atoms with Crippen molar-refractivity contribution in [3.8, 4) is 10.6 Å². The number of hydrogen-bond donors (Lipinski definition) is 0. The summed E-state index contributed by atoms with van der Waals surface area (Å²) in [6, 6.07) is 6.46. The molecule has 1 aromatic carbocycles. The van der Waals surface area contributed by atoms with Crippen LogP contribution in [0.4, 0.5) is 0 Å². The molecule has 0 aliphatic carbocycles. The van der Waals surface area contributed by atoms with Crippen molar-refractivity contribution in [3.05, 3.63) is 40.4 Å². The third-order valence-electron chi connectivity index (χ3n) is 3.02. The van der Waals surface area contributed by atoms with Crippen molar-refractivity contribution >= 4 is 17.1 Å². The smallest absolute Gasteiger partial charge is 0.178 e. The molecule has 0 aliphatic heterocycles. The molecule has 0 spiro atoms. The SMILES string of the molecule is CC(=O)c1csc(-c2cc(C(C)C)ccc2C)n1. The number of rotatable bonds is 3. The van der Waals surface area contributed by atoms with Gasteiger partial charge in [0.1, 0.15) is 10.7 Å². The van der Waals surface area contributed by atoms with Gasteiger partial charge in [0.15, 0.2) is 5.78 Å². The average molecular weight is 259 g/mol. The molecule has 1 aromatic heterocycles. The first-order valence-electron chi connectivity index (χ1n) is 6.06. The lowest BCUT2D eigenvalue weighted by molar-refractivity contribution is 0.101. The van der Waals surface area contributed by atoms with Crippen molar-refractivity contribution in [2.24, 2.45) is 0 Å². The van der Waals surface area contributed by atoms with Crippen LogP contribution in [0.5, 0.6) is 0 Å². The Balaban J connectivity index is 2.48. The van der Waals surface area contributed by atoms with Gasteiger partial charge in [0, 0.05) is 17.9 Å². The number of thiazole rings is 1. The normalized spacial score (nSPS) is 10.9. The zero-order chi connectivity index (χ0) is 13.3. The highest BCUT2D eigenvalue weighted by molar-refractivity contribution is 7.13. The van der Waals surface area contributed by atoms with Crippen molar-refractivity contribution in [3.63, 3.8) is 0 Å². The van der Waals surface area contributed by atoms with E-state index in [2.05, 4.69) is 44.0 Å². The third-order valence-corrected chi connectivity index (χ3v) is 3.90. The summed E-state index contributed by atoms with van der Waals surface area (Å²) < 4.78 is 0. The number of carbonyl (C=O) groups is 1. The third kappa shape index (κ3) is 2.51. The molecule has 0 saturated carbocycles. The number of benzene rings is 1. The van der Waals surface area contributed by atoms with Gasteiger partial charge in [0.05, 0.1) is 0 Å². The Kier molecular flexibility index (Phi) is 3.62. The lowest BCUT2D eigenvalue weighted by atomic mass is 9.98. The van der Waals surface area contributed by atoms with Gasteiger partial charge in [-0.05, 0) is 30.0 Å². The molecule has 0 atom stereocenters. The number of aromatic nitrogens is 1. The number of nitrogens with zero attached hydrogens (tertiary/aromatic N) is 1. The van der Waals surface area contributed by atoms with Crippen LogP contribution in [0.1, 0.15) is 48.3 Å². The molecular weight excluding hydrogens is 242 g/mol. The van der Waals surface area contributed by atoms with E-state index in [4.69, 9.17) is 0 Å². The van der Waals surface area contributed by atoms with E-state index >= 15 is 0 Å². The van der Waals surface area contributed by atoms with Crippen molar-refractivity contribution in [2.45, 2.75) is 33.6 Å². The molecule has 0 saturated heterocycles. The summed E-state index contributed by atoms with van der Waals surface area (Å²) in [5, 5.41) is 2.76. The zero-order valence-corrected chi connectivity index (χ0v) is 12.0. The molecule has 0 bridgehead atoms. The van der Waals surface area contributed by atoms with Crippen LogP contribution < -0.4 is 0 Å². The van der Waals surface area contributed by atoms with E-state index in [1.165, 1.54) is 22.5 Å². The van der Waals surface area contributed by atoms with Crippen molar-refractivity contribution in [1.82, 2.24) is 4.98 Å². The maximum Gasteiger partial charge on any atom is 0.178 e. The molecule has 0 aliphatic rings. The van der Waals surface area contributed by atoms with Gasteiger partial charge >= 0.3 is 0 Å². The summed E-state index contributed by atoms with van der Waals surface area (Å²) >= 11 is 1.53. The molecule has 2 aromatic rings. The molecular formula is C15H17NOS. The Morgan fingerprint density at radius 3 is 2.61 bits per heavy atom. The Morgan fingerprint density at radius 1 is 1.33 bits per heavy atom. The Labute approximate surface area is 112 Å². The second-order valence-corrected chi connectivity index (χ2v) is 5.68. The summed E-state index contributed by atoms with van der Waals surface area (Å²) in [5.41, 5.74) is 4.20. The van der Waals surface area contributed by atoms with Gasteiger partial charge in [-0.2, -0.15) is 0 Å². The molecule has 0 radical (unpaired) electrons. The fraction of sp³-hybridized carbons (Fsp3) is 0.333. The first kappa shape index (κ1) is 13.0. The van der Waals surface area contributed by atoms with Gasteiger partial charge in [-0.25, -0.2) is 4.98 Å². The highest BCUT2D eigenvalue weighted by Crippen LogP contribution is 2.29. The van der Waals surface area contributed by atoms with E-state index in [1.807, 2.05) is 5.38 Å². The highest BCUT2D eigenvalue weighted by Gasteiger charge is 2.11. The predicted molar refractivity (Wildman–Crippen MR) is 76.4 cm³/mol.